The molecule has 160 valence electrons. The highest BCUT2D eigenvalue weighted by molar-refractivity contribution is 6.20. The van der Waals surface area contributed by atoms with Crippen molar-refractivity contribution < 1.29 is 15.0 Å². The Morgan fingerprint density at radius 1 is 1.04 bits per heavy atom. The fourth-order valence-electron chi connectivity index (χ4n) is 3.30. The third-order valence-corrected chi connectivity index (χ3v) is 5.84. The number of carbonyl (C=O) groups excluding carboxylic acids is 1. The van der Waals surface area contributed by atoms with E-state index < -0.39 is 11.1 Å². The van der Waals surface area contributed by atoms with Gasteiger partial charge in [0, 0.05) is 12.0 Å². The maximum atomic E-state index is 12.3. The van der Waals surface area contributed by atoms with E-state index in [1.54, 1.807) is 0 Å². The standard InChI is InChI=1S/C23H38ClNO3/c1-2-3-4-8-11-19-13-15-20(16-14-19)21(27)12-9-6-5-7-10-17-23(25,18-26)22(24)28/h13-16,22,26,28H,2-12,17-18,25H2,1H3. The van der Waals surface area contributed by atoms with Gasteiger partial charge in [0.25, 0.3) is 0 Å². The zero-order chi connectivity index (χ0) is 20.8. The van der Waals surface area contributed by atoms with E-state index in [4.69, 9.17) is 17.3 Å². The lowest BCUT2D eigenvalue weighted by molar-refractivity contribution is 0.0863. The molecule has 0 amide bonds. The summed E-state index contributed by atoms with van der Waals surface area (Å²) < 4.78 is 0. The summed E-state index contributed by atoms with van der Waals surface area (Å²) in [6.45, 7) is 1.89. The smallest absolute Gasteiger partial charge is 0.162 e. The summed E-state index contributed by atoms with van der Waals surface area (Å²) in [5, 5.41) is 18.6. The topological polar surface area (TPSA) is 83.6 Å². The summed E-state index contributed by atoms with van der Waals surface area (Å²) in [6, 6.07) is 8.10. The second kappa shape index (κ2) is 14.1. The Morgan fingerprint density at radius 2 is 1.64 bits per heavy atom. The lowest BCUT2D eigenvalue weighted by Gasteiger charge is -2.28. The number of ketones is 1. The molecular formula is C23H38ClNO3. The Labute approximate surface area is 175 Å². The Hall–Kier alpha value is -0.940. The van der Waals surface area contributed by atoms with E-state index >= 15 is 0 Å². The molecule has 2 atom stereocenters. The Kier molecular flexibility index (Phi) is 12.6. The Balaban J connectivity index is 2.18. The number of unbranched alkanes of at least 4 members (excludes halogenated alkanes) is 7. The van der Waals surface area contributed by atoms with Crippen molar-refractivity contribution >= 4 is 17.4 Å². The molecule has 0 aliphatic heterocycles. The second-order valence-electron chi connectivity index (χ2n) is 7.93. The lowest BCUT2D eigenvalue weighted by Crippen LogP contribution is -2.51. The lowest BCUT2D eigenvalue weighted by atomic mass is 9.94. The van der Waals surface area contributed by atoms with E-state index in [2.05, 4.69) is 19.1 Å². The third-order valence-electron chi connectivity index (χ3n) is 5.41. The fourth-order valence-corrected chi connectivity index (χ4v) is 3.48. The van der Waals surface area contributed by atoms with Crippen molar-refractivity contribution in [3.63, 3.8) is 0 Å². The molecule has 0 radical (unpaired) electrons. The predicted molar refractivity (Wildman–Crippen MR) is 117 cm³/mol. The molecule has 0 spiro atoms. The van der Waals surface area contributed by atoms with Gasteiger partial charge >= 0.3 is 0 Å². The van der Waals surface area contributed by atoms with Crippen LogP contribution in [0.1, 0.15) is 93.5 Å². The number of hydrogen-bond acceptors (Lipinski definition) is 4. The number of benzene rings is 1. The minimum Gasteiger partial charge on any atom is -0.394 e. The largest absolute Gasteiger partial charge is 0.394 e. The maximum absolute atomic E-state index is 12.3. The number of Topliss-reactive ketones (excluding diaryl/α,β-unsaturated/α-hetero) is 1. The van der Waals surface area contributed by atoms with Gasteiger partial charge in [0.05, 0.1) is 12.1 Å². The molecule has 1 aromatic carbocycles. The van der Waals surface area contributed by atoms with Gasteiger partial charge in [0.15, 0.2) is 5.78 Å². The van der Waals surface area contributed by atoms with Crippen LogP contribution in [0.3, 0.4) is 0 Å². The van der Waals surface area contributed by atoms with Gasteiger partial charge in [-0.05, 0) is 31.2 Å². The number of aliphatic hydroxyl groups is 2. The van der Waals surface area contributed by atoms with E-state index in [0.29, 0.717) is 12.8 Å². The molecule has 2 unspecified atom stereocenters. The van der Waals surface area contributed by atoms with Gasteiger partial charge in [-0.3, -0.25) is 4.79 Å². The van der Waals surface area contributed by atoms with Crippen LogP contribution in [0, 0.1) is 0 Å². The van der Waals surface area contributed by atoms with Crippen LogP contribution in [-0.2, 0) is 6.42 Å². The summed E-state index contributed by atoms with van der Waals surface area (Å²) >= 11 is 5.62. The highest BCUT2D eigenvalue weighted by atomic mass is 35.5. The third kappa shape index (κ3) is 9.51. The first-order valence-electron chi connectivity index (χ1n) is 10.8. The van der Waals surface area contributed by atoms with Crippen LogP contribution < -0.4 is 5.73 Å². The molecule has 0 aliphatic carbocycles. The van der Waals surface area contributed by atoms with Crippen molar-refractivity contribution in [3.8, 4) is 0 Å². The number of aryl methyl sites for hydroxylation is 1. The first-order chi connectivity index (χ1) is 13.4. The number of alkyl halides is 1. The summed E-state index contributed by atoms with van der Waals surface area (Å²) in [5.41, 5.74) is 5.62. The van der Waals surface area contributed by atoms with Gasteiger partial charge in [-0.1, -0.05) is 87.7 Å². The zero-order valence-corrected chi connectivity index (χ0v) is 18.1. The number of hydrogen-bond donors (Lipinski definition) is 3. The maximum Gasteiger partial charge on any atom is 0.162 e. The Bertz CT molecular complexity index is 547. The molecule has 1 rings (SSSR count). The van der Waals surface area contributed by atoms with Crippen LogP contribution in [0.25, 0.3) is 0 Å². The van der Waals surface area contributed by atoms with Gasteiger partial charge in [-0.2, -0.15) is 0 Å². The molecular weight excluding hydrogens is 374 g/mol. The molecule has 1 aromatic rings. The molecule has 0 saturated heterocycles. The van der Waals surface area contributed by atoms with Crippen LogP contribution in [-0.4, -0.2) is 33.7 Å². The number of halogens is 1. The van der Waals surface area contributed by atoms with Crippen molar-refractivity contribution in [3.05, 3.63) is 35.4 Å². The monoisotopic (exact) mass is 411 g/mol. The van der Waals surface area contributed by atoms with Gasteiger partial charge < -0.3 is 15.9 Å². The summed E-state index contributed by atoms with van der Waals surface area (Å²) in [6.07, 6.45) is 11.8. The number of rotatable bonds is 16. The number of nitrogens with two attached hydrogens (primary N) is 1. The molecule has 0 fully saturated rings. The van der Waals surface area contributed by atoms with E-state index in [1.807, 2.05) is 12.1 Å². The number of aliphatic hydroxyl groups excluding tert-OH is 2. The first kappa shape index (κ1) is 25.1. The minimum absolute atomic E-state index is 0.212. The van der Waals surface area contributed by atoms with Gasteiger partial charge in [-0.15, -0.1) is 0 Å². The van der Waals surface area contributed by atoms with Gasteiger partial charge in [-0.25, -0.2) is 0 Å². The van der Waals surface area contributed by atoms with Gasteiger partial charge in [0.1, 0.15) is 5.56 Å². The normalized spacial score (nSPS) is 14.6. The molecule has 0 heterocycles. The SMILES string of the molecule is CCCCCCc1ccc(C(=O)CCCCCCCC(N)(CO)C(O)Cl)cc1. The highest BCUT2D eigenvalue weighted by Gasteiger charge is 2.30. The molecule has 0 aromatic heterocycles. The summed E-state index contributed by atoms with van der Waals surface area (Å²) in [5.74, 6) is 0.212. The second-order valence-corrected chi connectivity index (χ2v) is 8.34. The van der Waals surface area contributed by atoms with Crippen LogP contribution >= 0.6 is 11.6 Å². The zero-order valence-electron chi connectivity index (χ0n) is 17.3. The molecule has 28 heavy (non-hydrogen) atoms. The first-order valence-corrected chi connectivity index (χ1v) is 11.2. The van der Waals surface area contributed by atoms with E-state index in [0.717, 1.165) is 44.1 Å². The van der Waals surface area contributed by atoms with Gasteiger partial charge in [0.2, 0.25) is 0 Å². The fraction of sp³-hybridized carbons (Fsp3) is 0.696. The van der Waals surface area contributed by atoms with E-state index in [9.17, 15) is 15.0 Å². The predicted octanol–water partition coefficient (Wildman–Crippen LogP) is 4.97. The average Bonchev–Trinajstić information content (AvgIpc) is 2.70. The van der Waals surface area contributed by atoms with E-state index in [1.165, 1.54) is 31.2 Å². The minimum atomic E-state index is -1.24. The molecule has 4 nitrogen and oxygen atoms in total. The van der Waals surface area contributed by atoms with Crippen LogP contribution in [0.15, 0.2) is 24.3 Å². The van der Waals surface area contributed by atoms with Crippen LogP contribution in [0.4, 0.5) is 0 Å². The van der Waals surface area contributed by atoms with Crippen LogP contribution in [0.2, 0.25) is 0 Å². The average molecular weight is 412 g/mol. The summed E-state index contributed by atoms with van der Waals surface area (Å²) in [4.78, 5) is 12.3. The molecule has 0 aliphatic rings. The molecule has 0 bridgehead atoms. The molecule has 5 heteroatoms. The van der Waals surface area contributed by atoms with Crippen molar-refractivity contribution in [2.45, 2.75) is 95.1 Å². The van der Waals surface area contributed by atoms with Crippen molar-refractivity contribution in [1.29, 1.82) is 0 Å². The van der Waals surface area contributed by atoms with Crippen molar-refractivity contribution in [1.82, 2.24) is 0 Å². The summed E-state index contributed by atoms with van der Waals surface area (Å²) in [7, 11) is 0. The van der Waals surface area contributed by atoms with Crippen molar-refractivity contribution in [2.75, 3.05) is 6.61 Å². The van der Waals surface area contributed by atoms with Crippen LogP contribution in [0.5, 0.6) is 0 Å². The molecule has 0 saturated carbocycles. The number of carbonyl (C=O) groups is 1. The quantitative estimate of drug-likeness (QED) is 0.204. The molecule has 4 N–H and O–H groups in total. The van der Waals surface area contributed by atoms with Crippen molar-refractivity contribution in [2.24, 2.45) is 5.73 Å². The Morgan fingerprint density at radius 3 is 2.25 bits per heavy atom. The highest BCUT2D eigenvalue weighted by Crippen LogP contribution is 2.20. The van der Waals surface area contributed by atoms with E-state index in [-0.39, 0.29) is 12.4 Å².